The first-order valence-corrected chi connectivity index (χ1v) is 13.8. The molecule has 4 aromatic rings. The van der Waals surface area contributed by atoms with Gasteiger partial charge in [-0.1, -0.05) is 18.2 Å². The molecule has 0 aromatic heterocycles. The summed E-state index contributed by atoms with van der Waals surface area (Å²) in [5.41, 5.74) is 1.11. The van der Waals surface area contributed by atoms with Crippen LogP contribution >= 0.6 is 7.26 Å². The van der Waals surface area contributed by atoms with E-state index in [2.05, 4.69) is 19.1 Å². The van der Waals surface area contributed by atoms with Crippen molar-refractivity contribution in [1.82, 2.24) is 0 Å². The maximum Gasteiger partial charge on any atom is 0.308 e. The second kappa shape index (κ2) is 11.4. The van der Waals surface area contributed by atoms with Crippen molar-refractivity contribution < 1.29 is 28.6 Å². The third-order valence-corrected chi connectivity index (χ3v) is 10.4. The van der Waals surface area contributed by atoms with Crippen LogP contribution in [0.15, 0.2) is 97.1 Å². The molecule has 0 saturated carbocycles. The highest BCUT2D eigenvalue weighted by molar-refractivity contribution is 8.01. The Morgan fingerprint density at radius 2 is 0.816 bits per heavy atom. The van der Waals surface area contributed by atoms with Gasteiger partial charge < -0.3 is 14.2 Å². The van der Waals surface area contributed by atoms with Crippen LogP contribution < -0.4 is 35.4 Å². The molecule has 38 heavy (non-hydrogen) atoms. The van der Waals surface area contributed by atoms with Crippen LogP contribution in [0.2, 0.25) is 0 Å². The zero-order valence-electron chi connectivity index (χ0n) is 21.6. The van der Waals surface area contributed by atoms with E-state index in [9.17, 15) is 14.4 Å². The van der Waals surface area contributed by atoms with Crippen molar-refractivity contribution in [3.8, 4) is 17.2 Å². The molecule has 0 amide bonds. The van der Waals surface area contributed by atoms with Crippen LogP contribution in [-0.4, -0.2) is 17.9 Å². The molecular formula is C31H28O6P+. The Bertz CT molecular complexity index is 1310. The van der Waals surface area contributed by atoms with Crippen molar-refractivity contribution in [3.63, 3.8) is 0 Å². The first-order chi connectivity index (χ1) is 18.2. The van der Waals surface area contributed by atoms with Gasteiger partial charge in [-0.3, -0.25) is 14.4 Å². The number of hydrogen-bond acceptors (Lipinski definition) is 6. The van der Waals surface area contributed by atoms with Gasteiger partial charge in [0.15, 0.2) is 0 Å². The first-order valence-electron chi connectivity index (χ1n) is 12.0. The number of carbonyl (C=O) groups excluding carboxylic acids is 3. The normalized spacial score (nSPS) is 10.9. The molecule has 4 rings (SSSR count). The summed E-state index contributed by atoms with van der Waals surface area (Å²) in [4.78, 5) is 34.6. The summed E-state index contributed by atoms with van der Waals surface area (Å²) in [5, 5.41) is 4.23. The third-order valence-electron chi connectivity index (χ3n) is 5.93. The quantitative estimate of drug-likeness (QED) is 0.202. The molecule has 0 bridgehead atoms. The topological polar surface area (TPSA) is 78.9 Å². The van der Waals surface area contributed by atoms with Gasteiger partial charge in [0.05, 0.1) is 0 Å². The molecule has 0 fully saturated rings. The van der Waals surface area contributed by atoms with E-state index in [0.717, 1.165) is 26.8 Å². The van der Waals surface area contributed by atoms with Crippen LogP contribution in [0.25, 0.3) is 0 Å². The molecule has 6 nitrogen and oxygen atoms in total. The first kappa shape index (κ1) is 26.8. The smallest absolute Gasteiger partial charge is 0.308 e. The van der Waals surface area contributed by atoms with E-state index in [-0.39, 0.29) is 17.9 Å². The molecule has 0 aliphatic carbocycles. The second-order valence-electron chi connectivity index (χ2n) is 8.72. The standard InChI is InChI=1S/C31H28O6P/c1-21-7-5-6-8-31(21)38(28-15-9-25(10-16-28)35-22(2)32,29-17-11-26(12-18-29)36-23(3)33)30-19-13-27(14-20-30)37-24(4)34/h5-20H,1-4H3/q+1. The zero-order chi connectivity index (χ0) is 27.3. The molecule has 0 unspecified atom stereocenters. The SMILES string of the molecule is CC(=O)Oc1ccc([P+](c2ccc(OC(C)=O)cc2)(c2ccc(OC(C)=O)cc2)c2ccccc2C)cc1. The largest absolute Gasteiger partial charge is 0.427 e. The van der Waals surface area contributed by atoms with Gasteiger partial charge in [0.2, 0.25) is 0 Å². The number of benzene rings is 4. The molecule has 0 spiro atoms. The Morgan fingerprint density at radius 1 is 0.500 bits per heavy atom. The summed E-state index contributed by atoms with van der Waals surface area (Å²) < 4.78 is 15.9. The Labute approximate surface area is 222 Å². The van der Waals surface area contributed by atoms with Crippen LogP contribution in [0.4, 0.5) is 0 Å². The molecule has 0 N–H and O–H groups in total. The molecule has 0 aliphatic heterocycles. The highest BCUT2D eigenvalue weighted by Crippen LogP contribution is 2.55. The van der Waals surface area contributed by atoms with Crippen molar-refractivity contribution in [2.24, 2.45) is 0 Å². The molecule has 192 valence electrons. The maximum atomic E-state index is 11.5. The Kier molecular flexibility index (Phi) is 8.04. The van der Waals surface area contributed by atoms with Crippen LogP contribution in [0, 0.1) is 6.92 Å². The van der Waals surface area contributed by atoms with Crippen molar-refractivity contribution in [1.29, 1.82) is 0 Å². The Balaban J connectivity index is 2.01. The monoisotopic (exact) mass is 527 g/mol. The number of hydrogen-bond donors (Lipinski definition) is 0. The highest BCUT2D eigenvalue weighted by atomic mass is 31.2. The van der Waals surface area contributed by atoms with E-state index < -0.39 is 7.26 Å². The fourth-order valence-corrected chi connectivity index (χ4v) is 8.95. The second-order valence-corrected chi connectivity index (χ2v) is 12.1. The fourth-order valence-electron chi connectivity index (χ4n) is 4.52. The number of carbonyl (C=O) groups is 3. The predicted molar refractivity (Wildman–Crippen MR) is 150 cm³/mol. The number of ether oxygens (including phenoxy) is 3. The summed E-state index contributed by atoms with van der Waals surface area (Å²) in [6.45, 7) is 6.19. The lowest BCUT2D eigenvalue weighted by atomic mass is 10.2. The van der Waals surface area contributed by atoms with Gasteiger partial charge in [0, 0.05) is 20.8 Å². The van der Waals surface area contributed by atoms with E-state index in [0.29, 0.717) is 17.2 Å². The molecule has 0 atom stereocenters. The van der Waals surface area contributed by atoms with Gasteiger partial charge in [0.25, 0.3) is 0 Å². The van der Waals surface area contributed by atoms with Crippen LogP contribution in [0.5, 0.6) is 17.2 Å². The number of esters is 3. The lowest BCUT2D eigenvalue weighted by Crippen LogP contribution is -2.39. The minimum Gasteiger partial charge on any atom is -0.427 e. The Hall–Kier alpha value is -4.28. The van der Waals surface area contributed by atoms with E-state index in [4.69, 9.17) is 14.2 Å². The average molecular weight is 528 g/mol. The fraction of sp³-hybridized carbons (Fsp3) is 0.129. The third kappa shape index (κ3) is 5.66. The summed E-state index contributed by atoms with van der Waals surface area (Å²) in [6.07, 6.45) is 0. The number of aryl methyl sites for hydroxylation is 1. The molecule has 0 radical (unpaired) electrons. The van der Waals surface area contributed by atoms with E-state index >= 15 is 0 Å². The van der Waals surface area contributed by atoms with Gasteiger partial charge in [0.1, 0.15) is 45.7 Å². The van der Waals surface area contributed by atoms with Gasteiger partial charge in [-0.25, -0.2) is 0 Å². The van der Waals surface area contributed by atoms with Gasteiger partial charge in [-0.2, -0.15) is 0 Å². The zero-order valence-corrected chi connectivity index (χ0v) is 22.5. The summed E-state index contributed by atoms with van der Waals surface area (Å²) in [5.74, 6) is 0.207. The summed E-state index contributed by atoms with van der Waals surface area (Å²) in [6, 6.07) is 30.9. The van der Waals surface area contributed by atoms with Crippen molar-refractivity contribution >= 4 is 46.4 Å². The van der Waals surface area contributed by atoms with E-state index in [1.807, 2.05) is 48.5 Å². The predicted octanol–water partition coefficient (Wildman–Crippen LogP) is 4.39. The molecule has 7 heteroatoms. The molecule has 0 aliphatic rings. The molecule has 0 saturated heterocycles. The summed E-state index contributed by atoms with van der Waals surface area (Å²) in [7, 11) is -2.53. The van der Waals surface area contributed by atoms with E-state index in [1.54, 1.807) is 36.4 Å². The summed E-state index contributed by atoms with van der Waals surface area (Å²) >= 11 is 0. The average Bonchev–Trinajstić information content (AvgIpc) is 2.87. The van der Waals surface area contributed by atoms with E-state index in [1.165, 1.54) is 20.8 Å². The lowest BCUT2D eigenvalue weighted by molar-refractivity contribution is -0.132. The minimum absolute atomic E-state index is 0.389. The van der Waals surface area contributed by atoms with Gasteiger partial charge in [-0.05, 0) is 91.3 Å². The lowest BCUT2D eigenvalue weighted by Gasteiger charge is -2.29. The number of rotatable bonds is 7. The van der Waals surface area contributed by atoms with Crippen molar-refractivity contribution in [3.05, 3.63) is 103 Å². The van der Waals surface area contributed by atoms with Crippen LogP contribution in [-0.2, 0) is 14.4 Å². The van der Waals surface area contributed by atoms with Crippen LogP contribution in [0.3, 0.4) is 0 Å². The maximum absolute atomic E-state index is 11.5. The molecular weight excluding hydrogens is 499 g/mol. The van der Waals surface area contributed by atoms with Crippen molar-refractivity contribution in [2.75, 3.05) is 0 Å². The molecule has 0 heterocycles. The van der Waals surface area contributed by atoms with Crippen molar-refractivity contribution in [2.45, 2.75) is 27.7 Å². The Morgan fingerprint density at radius 3 is 1.11 bits per heavy atom. The van der Waals surface area contributed by atoms with Gasteiger partial charge in [-0.15, -0.1) is 0 Å². The van der Waals surface area contributed by atoms with Gasteiger partial charge >= 0.3 is 17.9 Å². The highest BCUT2D eigenvalue weighted by Gasteiger charge is 2.49. The minimum atomic E-state index is -2.53. The molecule has 4 aromatic carbocycles. The van der Waals surface area contributed by atoms with Crippen LogP contribution in [0.1, 0.15) is 26.3 Å².